The molecule has 0 N–H and O–H groups in total. The van der Waals surface area contributed by atoms with Crippen LogP contribution >= 0.6 is 11.8 Å². The number of para-hydroxylation sites is 1. The van der Waals surface area contributed by atoms with Gasteiger partial charge in [-0.05, 0) is 62.8 Å². The number of ether oxygens (including phenoxy) is 1. The average molecular weight is 412 g/mol. The number of imidazole rings is 1. The summed E-state index contributed by atoms with van der Waals surface area (Å²) in [5.41, 5.74) is 4.30. The topological polar surface area (TPSA) is 39.9 Å². The fourth-order valence-corrected chi connectivity index (χ4v) is 4.18. The van der Waals surface area contributed by atoms with Crippen LogP contribution in [0.15, 0.2) is 30.3 Å². The first-order valence-electron chi connectivity index (χ1n) is 10.7. The molecule has 0 unspecified atom stereocenters. The number of fused-ring (bicyclic) bond motifs is 1. The van der Waals surface area contributed by atoms with Crippen molar-refractivity contribution < 1.29 is 4.74 Å². The van der Waals surface area contributed by atoms with Gasteiger partial charge in [0.15, 0.2) is 5.52 Å². The summed E-state index contributed by atoms with van der Waals surface area (Å²) in [5, 5.41) is 0. The first kappa shape index (κ1) is 21.7. The Hall–Kier alpha value is -2.01. The summed E-state index contributed by atoms with van der Waals surface area (Å²) < 4.78 is 8.58. The highest BCUT2D eigenvalue weighted by Crippen LogP contribution is 2.32. The van der Waals surface area contributed by atoms with Gasteiger partial charge in [0.25, 0.3) is 0 Å². The summed E-state index contributed by atoms with van der Waals surface area (Å²) in [7, 11) is 0. The number of rotatable bonds is 11. The maximum absolute atomic E-state index is 6.15. The van der Waals surface area contributed by atoms with E-state index >= 15 is 0 Å². The molecular formula is C24H33N3OS. The van der Waals surface area contributed by atoms with Crippen molar-refractivity contribution in [2.75, 3.05) is 12.0 Å². The summed E-state index contributed by atoms with van der Waals surface area (Å²) >= 11 is 1.94. The van der Waals surface area contributed by atoms with Crippen LogP contribution in [0.2, 0.25) is 0 Å². The second-order valence-electron chi connectivity index (χ2n) is 7.58. The molecule has 0 saturated heterocycles. The molecule has 0 amide bonds. The van der Waals surface area contributed by atoms with E-state index in [1.807, 2.05) is 42.1 Å². The Labute approximate surface area is 179 Å². The minimum Gasteiger partial charge on any atom is -0.437 e. The van der Waals surface area contributed by atoms with Crippen molar-refractivity contribution in [1.29, 1.82) is 0 Å². The van der Waals surface area contributed by atoms with E-state index in [2.05, 4.69) is 31.6 Å². The van der Waals surface area contributed by atoms with Crippen LogP contribution in [0.4, 0.5) is 0 Å². The Balaban J connectivity index is 1.93. The molecule has 3 rings (SSSR count). The van der Waals surface area contributed by atoms with Crippen molar-refractivity contribution in [1.82, 2.24) is 14.5 Å². The van der Waals surface area contributed by atoms with Crippen LogP contribution in [0.3, 0.4) is 0 Å². The summed E-state index contributed by atoms with van der Waals surface area (Å²) in [5.74, 6) is 3.83. The molecule has 0 bridgehead atoms. The van der Waals surface area contributed by atoms with Crippen LogP contribution in [-0.2, 0) is 13.0 Å². The molecule has 4 nitrogen and oxygen atoms in total. The second kappa shape index (κ2) is 10.7. The first-order chi connectivity index (χ1) is 14.2. The number of nitrogens with zero attached hydrogens (tertiary/aromatic N) is 3. The van der Waals surface area contributed by atoms with Gasteiger partial charge in [-0.3, -0.25) is 0 Å². The minimum atomic E-state index is 0.616. The van der Waals surface area contributed by atoms with E-state index < -0.39 is 0 Å². The summed E-state index contributed by atoms with van der Waals surface area (Å²) in [6, 6.07) is 9.86. The van der Waals surface area contributed by atoms with Crippen LogP contribution < -0.4 is 4.74 Å². The average Bonchev–Trinajstić information content (AvgIpc) is 3.08. The highest BCUT2D eigenvalue weighted by molar-refractivity contribution is 7.98. The molecule has 3 aromatic rings. The lowest BCUT2D eigenvalue weighted by atomic mass is 10.1. The maximum Gasteiger partial charge on any atom is 0.247 e. The number of thioether (sulfide) groups is 1. The molecule has 5 heteroatoms. The third-order valence-corrected chi connectivity index (χ3v) is 6.02. The predicted molar refractivity (Wildman–Crippen MR) is 124 cm³/mol. The molecule has 0 radical (unpaired) electrons. The van der Waals surface area contributed by atoms with Crippen LogP contribution in [0.25, 0.3) is 11.0 Å². The normalized spacial score (nSPS) is 11.3. The monoisotopic (exact) mass is 411 g/mol. The van der Waals surface area contributed by atoms with Gasteiger partial charge in [0, 0.05) is 18.7 Å². The zero-order chi connectivity index (χ0) is 20.6. The van der Waals surface area contributed by atoms with Crippen molar-refractivity contribution in [2.45, 2.75) is 65.8 Å². The lowest BCUT2D eigenvalue weighted by molar-refractivity contribution is 0.466. The van der Waals surface area contributed by atoms with Gasteiger partial charge in [-0.2, -0.15) is 11.8 Å². The van der Waals surface area contributed by atoms with E-state index in [1.54, 1.807) is 0 Å². The molecule has 0 spiro atoms. The van der Waals surface area contributed by atoms with Crippen molar-refractivity contribution >= 4 is 22.8 Å². The molecule has 2 aromatic heterocycles. The van der Waals surface area contributed by atoms with E-state index in [9.17, 15) is 0 Å². The van der Waals surface area contributed by atoms with Crippen LogP contribution in [-0.4, -0.2) is 26.5 Å². The van der Waals surface area contributed by atoms with Crippen molar-refractivity contribution in [3.05, 3.63) is 47.4 Å². The maximum atomic E-state index is 6.15. The van der Waals surface area contributed by atoms with E-state index in [4.69, 9.17) is 14.7 Å². The molecule has 156 valence electrons. The zero-order valence-corrected chi connectivity index (χ0v) is 19.0. The third kappa shape index (κ3) is 5.33. The number of unbranched alkanes of at least 4 members (excludes halogenated alkanes) is 3. The zero-order valence-electron chi connectivity index (χ0n) is 18.2. The van der Waals surface area contributed by atoms with Gasteiger partial charge in [0.05, 0.1) is 5.52 Å². The molecule has 0 aliphatic heterocycles. The highest BCUT2D eigenvalue weighted by Gasteiger charge is 2.19. The number of pyridine rings is 1. The SMILES string of the molecule is CCCc1nc2c(Oc3ccccc3)nc(C)c(C)c2n1CCCCCCSC. The molecule has 1 aromatic carbocycles. The van der Waals surface area contributed by atoms with Gasteiger partial charge < -0.3 is 9.30 Å². The Morgan fingerprint density at radius 1 is 1.00 bits per heavy atom. The first-order valence-corrected chi connectivity index (χ1v) is 12.1. The van der Waals surface area contributed by atoms with E-state index in [0.29, 0.717) is 5.88 Å². The van der Waals surface area contributed by atoms with Gasteiger partial charge in [0.2, 0.25) is 5.88 Å². The number of hydrogen-bond acceptors (Lipinski definition) is 4. The minimum absolute atomic E-state index is 0.616. The third-order valence-electron chi connectivity index (χ3n) is 5.33. The highest BCUT2D eigenvalue weighted by atomic mass is 32.2. The Morgan fingerprint density at radius 3 is 2.48 bits per heavy atom. The molecule has 0 saturated carbocycles. The van der Waals surface area contributed by atoms with Crippen LogP contribution in [0.1, 0.15) is 56.1 Å². The summed E-state index contributed by atoms with van der Waals surface area (Å²) in [4.78, 5) is 9.74. The molecule has 0 atom stereocenters. The fourth-order valence-electron chi connectivity index (χ4n) is 3.69. The van der Waals surface area contributed by atoms with Crippen molar-refractivity contribution in [2.24, 2.45) is 0 Å². The predicted octanol–water partition coefficient (Wildman–Crippen LogP) is 6.72. The van der Waals surface area contributed by atoms with Gasteiger partial charge >= 0.3 is 0 Å². The Morgan fingerprint density at radius 2 is 1.76 bits per heavy atom. The molecular weight excluding hydrogens is 378 g/mol. The second-order valence-corrected chi connectivity index (χ2v) is 8.56. The number of aromatic nitrogens is 3. The van der Waals surface area contributed by atoms with E-state index in [0.717, 1.165) is 42.2 Å². The van der Waals surface area contributed by atoms with Crippen molar-refractivity contribution in [3.63, 3.8) is 0 Å². The molecule has 0 aliphatic carbocycles. The standard InChI is InChI=1S/C24H33N3OS/c1-5-13-21-26-22-23(27(21)16-11-6-7-12-17-29-4)18(2)19(3)25-24(22)28-20-14-9-8-10-15-20/h8-10,14-15H,5-7,11-13,16-17H2,1-4H3. The summed E-state index contributed by atoms with van der Waals surface area (Å²) in [6.45, 7) is 7.44. The lowest BCUT2D eigenvalue weighted by Gasteiger charge is -2.13. The number of aryl methyl sites for hydroxylation is 4. The smallest absolute Gasteiger partial charge is 0.247 e. The van der Waals surface area contributed by atoms with Crippen molar-refractivity contribution in [3.8, 4) is 11.6 Å². The largest absolute Gasteiger partial charge is 0.437 e. The van der Waals surface area contributed by atoms with E-state index in [-0.39, 0.29) is 0 Å². The van der Waals surface area contributed by atoms with E-state index in [1.165, 1.54) is 42.5 Å². The van der Waals surface area contributed by atoms with Gasteiger partial charge in [-0.25, -0.2) is 9.97 Å². The fraction of sp³-hybridized carbons (Fsp3) is 0.500. The summed E-state index contributed by atoms with van der Waals surface area (Å²) in [6.07, 6.45) is 9.31. The van der Waals surface area contributed by atoms with Crippen LogP contribution in [0, 0.1) is 13.8 Å². The molecule has 2 heterocycles. The Kier molecular flexibility index (Phi) is 7.99. The number of benzene rings is 1. The van der Waals surface area contributed by atoms with Gasteiger partial charge in [-0.15, -0.1) is 0 Å². The molecule has 0 aliphatic rings. The van der Waals surface area contributed by atoms with Gasteiger partial charge in [0.1, 0.15) is 11.6 Å². The van der Waals surface area contributed by atoms with Crippen LogP contribution in [0.5, 0.6) is 11.6 Å². The molecule has 0 fully saturated rings. The quantitative estimate of drug-likeness (QED) is 0.328. The Bertz CT molecular complexity index is 921. The number of hydrogen-bond donors (Lipinski definition) is 0. The van der Waals surface area contributed by atoms with Gasteiger partial charge in [-0.1, -0.05) is 38.0 Å². The lowest BCUT2D eigenvalue weighted by Crippen LogP contribution is -2.06. The molecule has 29 heavy (non-hydrogen) atoms.